The lowest BCUT2D eigenvalue weighted by atomic mass is 10.0. The van der Waals surface area contributed by atoms with E-state index in [2.05, 4.69) is 0 Å². The summed E-state index contributed by atoms with van der Waals surface area (Å²) in [6, 6.07) is 12.6. The zero-order valence-corrected chi connectivity index (χ0v) is 16.6. The van der Waals surface area contributed by atoms with Gasteiger partial charge in [0.2, 0.25) is 15.8 Å². The first-order valence-electron chi connectivity index (χ1n) is 8.53. The Morgan fingerprint density at radius 1 is 0.963 bits per heavy atom. The van der Waals surface area contributed by atoms with Crippen LogP contribution in [-0.2, 0) is 21.2 Å². The molecule has 0 bridgehead atoms. The molecular weight excluding hydrogens is 366 g/mol. The molecule has 2 aromatic carbocycles. The quantitative estimate of drug-likeness (QED) is 0.537. The number of rotatable bonds is 7. The molecule has 0 aliphatic rings. The molecule has 2 aromatic rings. The maximum Gasteiger partial charge on any atom is 0.338 e. The summed E-state index contributed by atoms with van der Waals surface area (Å²) in [4.78, 5) is 24.7. The first-order chi connectivity index (χ1) is 12.7. The van der Waals surface area contributed by atoms with Crippen molar-refractivity contribution >= 4 is 21.8 Å². The van der Waals surface area contributed by atoms with Crippen LogP contribution in [0.4, 0.5) is 0 Å². The minimum absolute atomic E-state index is 0.0733. The summed E-state index contributed by atoms with van der Waals surface area (Å²) < 4.78 is 30.4. The summed E-state index contributed by atoms with van der Waals surface area (Å²) in [5.74, 6) is -0.979. The second kappa shape index (κ2) is 8.45. The normalized spacial score (nSPS) is 12.6. The topological polar surface area (TPSA) is 80.8 Å². The Morgan fingerprint density at radius 3 is 1.96 bits per heavy atom. The molecule has 0 N–H and O–H groups in total. The standard InChI is InChI=1S/C20H23NO5S/c1-5-15-6-8-16(9-7-15)19(22)14(2)26-20(23)17-10-12-18(13-11-17)27(24,25)21(3)4/h6-14H,5H2,1-4H3/t14-/m0/s1. The molecule has 0 aliphatic carbocycles. The van der Waals surface area contributed by atoms with Crippen LogP contribution < -0.4 is 0 Å². The van der Waals surface area contributed by atoms with E-state index in [1.54, 1.807) is 12.1 Å². The molecule has 0 spiro atoms. The molecule has 27 heavy (non-hydrogen) atoms. The van der Waals surface area contributed by atoms with Crippen molar-refractivity contribution < 1.29 is 22.7 Å². The van der Waals surface area contributed by atoms with E-state index >= 15 is 0 Å². The van der Waals surface area contributed by atoms with Crippen molar-refractivity contribution in [3.63, 3.8) is 0 Å². The molecule has 0 aliphatic heterocycles. The average molecular weight is 389 g/mol. The Morgan fingerprint density at radius 2 is 1.48 bits per heavy atom. The van der Waals surface area contributed by atoms with E-state index in [-0.39, 0.29) is 16.2 Å². The first kappa shape index (κ1) is 20.8. The summed E-state index contributed by atoms with van der Waals surface area (Å²) in [7, 11) is -0.714. The van der Waals surface area contributed by atoms with Crippen molar-refractivity contribution in [2.75, 3.05) is 14.1 Å². The fourth-order valence-electron chi connectivity index (χ4n) is 2.40. The smallest absolute Gasteiger partial charge is 0.338 e. The number of ketones is 1. The molecule has 0 saturated heterocycles. The van der Waals surface area contributed by atoms with Crippen LogP contribution >= 0.6 is 0 Å². The molecule has 6 nitrogen and oxygen atoms in total. The predicted molar refractivity (Wildman–Crippen MR) is 102 cm³/mol. The van der Waals surface area contributed by atoms with Gasteiger partial charge >= 0.3 is 5.97 Å². The number of carbonyl (C=O) groups excluding carboxylic acids is 2. The number of carbonyl (C=O) groups is 2. The lowest BCUT2D eigenvalue weighted by Crippen LogP contribution is -2.25. The maximum absolute atomic E-state index is 12.4. The molecule has 0 aromatic heterocycles. The van der Waals surface area contributed by atoms with Crippen molar-refractivity contribution in [3.8, 4) is 0 Å². The molecule has 0 fully saturated rings. The van der Waals surface area contributed by atoms with Crippen LogP contribution in [0.2, 0.25) is 0 Å². The number of esters is 1. The number of sulfonamides is 1. The summed E-state index contributed by atoms with van der Waals surface area (Å²) in [5, 5.41) is 0. The number of Topliss-reactive ketones (excluding diaryl/α,β-unsaturated/α-hetero) is 1. The van der Waals surface area contributed by atoms with Gasteiger partial charge < -0.3 is 4.74 Å². The molecular formula is C20H23NO5S. The summed E-state index contributed by atoms with van der Waals surface area (Å²) >= 11 is 0. The zero-order valence-electron chi connectivity index (χ0n) is 15.8. The van der Waals surface area contributed by atoms with Crippen LogP contribution in [0.15, 0.2) is 53.4 Å². The minimum atomic E-state index is -3.57. The van der Waals surface area contributed by atoms with Crippen LogP contribution in [0.1, 0.15) is 40.1 Å². The lowest BCUT2D eigenvalue weighted by Gasteiger charge is -2.14. The Labute approximate surface area is 159 Å². The molecule has 0 heterocycles. The van der Waals surface area contributed by atoms with Crippen LogP contribution in [-0.4, -0.2) is 44.7 Å². The fraction of sp³-hybridized carbons (Fsp3) is 0.300. The van der Waals surface area contributed by atoms with Gasteiger partial charge in [-0.15, -0.1) is 0 Å². The zero-order chi connectivity index (χ0) is 20.2. The van der Waals surface area contributed by atoms with Gasteiger partial charge in [-0.3, -0.25) is 4.79 Å². The maximum atomic E-state index is 12.4. The van der Waals surface area contributed by atoms with Gasteiger partial charge in [-0.05, 0) is 43.2 Å². The van der Waals surface area contributed by atoms with Gasteiger partial charge in [-0.2, -0.15) is 0 Å². The molecule has 0 radical (unpaired) electrons. The molecule has 0 saturated carbocycles. The number of nitrogens with zero attached hydrogens (tertiary/aromatic N) is 1. The van der Waals surface area contributed by atoms with Crippen molar-refractivity contribution in [3.05, 3.63) is 65.2 Å². The Kier molecular flexibility index (Phi) is 6.51. The van der Waals surface area contributed by atoms with Gasteiger partial charge in [0.15, 0.2) is 6.10 Å². The van der Waals surface area contributed by atoms with Crippen molar-refractivity contribution in [2.45, 2.75) is 31.3 Å². The summed E-state index contributed by atoms with van der Waals surface area (Å²) in [6.07, 6.45) is -0.0754. The SMILES string of the molecule is CCc1ccc(C(=O)[C@H](C)OC(=O)c2ccc(S(=O)(=O)N(C)C)cc2)cc1. The Bertz CT molecular complexity index is 916. The van der Waals surface area contributed by atoms with Gasteiger partial charge in [0.1, 0.15) is 0 Å². The monoisotopic (exact) mass is 389 g/mol. The van der Waals surface area contributed by atoms with Gasteiger partial charge in [-0.25, -0.2) is 17.5 Å². The largest absolute Gasteiger partial charge is 0.451 e. The highest BCUT2D eigenvalue weighted by Crippen LogP contribution is 2.16. The van der Waals surface area contributed by atoms with Gasteiger partial charge in [0, 0.05) is 19.7 Å². The van der Waals surface area contributed by atoms with E-state index in [1.807, 2.05) is 19.1 Å². The van der Waals surface area contributed by atoms with Crippen LogP contribution in [0.3, 0.4) is 0 Å². The minimum Gasteiger partial charge on any atom is -0.451 e. The highest BCUT2D eigenvalue weighted by molar-refractivity contribution is 7.89. The van der Waals surface area contributed by atoms with E-state index in [0.717, 1.165) is 16.3 Å². The average Bonchev–Trinajstić information content (AvgIpc) is 2.67. The lowest BCUT2D eigenvalue weighted by molar-refractivity contribution is 0.0318. The molecule has 7 heteroatoms. The fourth-order valence-corrected chi connectivity index (χ4v) is 3.30. The molecule has 1 atom stereocenters. The predicted octanol–water partition coefficient (Wildman–Crippen LogP) is 2.93. The number of benzene rings is 2. The van der Waals surface area contributed by atoms with Gasteiger partial charge in [-0.1, -0.05) is 31.2 Å². The van der Waals surface area contributed by atoms with Crippen LogP contribution in [0, 0.1) is 0 Å². The summed E-state index contributed by atoms with van der Waals surface area (Å²) in [6.45, 7) is 3.54. The highest BCUT2D eigenvalue weighted by atomic mass is 32.2. The van der Waals surface area contributed by atoms with Gasteiger partial charge in [0.05, 0.1) is 10.5 Å². The molecule has 0 unspecified atom stereocenters. The number of ether oxygens (including phenoxy) is 1. The van der Waals surface area contributed by atoms with E-state index < -0.39 is 22.1 Å². The third-order valence-electron chi connectivity index (χ3n) is 4.17. The summed E-state index contributed by atoms with van der Waals surface area (Å²) in [5.41, 5.74) is 1.76. The second-order valence-corrected chi connectivity index (χ2v) is 8.43. The van der Waals surface area contributed by atoms with Gasteiger partial charge in [0.25, 0.3) is 0 Å². The number of hydrogen-bond acceptors (Lipinski definition) is 5. The van der Waals surface area contributed by atoms with Crippen LogP contribution in [0.5, 0.6) is 0 Å². The van der Waals surface area contributed by atoms with E-state index in [1.165, 1.54) is 45.3 Å². The van der Waals surface area contributed by atoms with Crippen molar-refractivity contribution in [1.29, 1.82) is 0 Å². The molecule has 144 valence electrons. The second-order valence-electron chi connectivity index (χ2n) is 6.27. The number of hydrogen-bond donors (Lipinski definition) is 0. The van der Waals surface area contributed by atoms with E-state index in [4.69, 9.17) is 4.74 Å². The molecule has 0 amide bonds. The Hall–Kier alpha value is -2.51. The van der Waals surface area contributed by atoms with E-state index in [0.29, 0.717) is 5.56 Å². The highest BCUT2D eigenvalue weighted by Gasteiger charge is 2.22. The van der Waals surface area contributed by atoms with Crippen LogP contribution in [0.25, 0.3) is 0 Å². The molecule has 2 rings (SSSR count). The Balaban J connectivity index is 2.08. The number of aryl methyl sites for hydroxylation is 1. The third kappa shape index (κ3) is 4.81. The van der Waals surface area contributed by atoms with E-state index in [9.17, 15) is 18.0 Å². The first-order valence-corrected chi connectivity index (χ1v) is 9.97. The van der Waals surface area contributed by atoms with Crippen molar-refractivity contribution in [1.82, 2.24) is 4.31 Å². The van der Waals surface area contributed by atoms with Crippen molar-refractivity contribution in [2.24, 2.45) is 0 Å². The third-order valence-corrected chi connectivity index (χ3v) is 6.00.